The molecule has 6 nitrogen and oxygen atoms in total. The Labute approximate surface area is 123 Å². The van der Waals surface area contributed by atoms with Gasteiger partial charge in [-0.25, -0.2) is 0 Å². The maximum Gasteiger partial charge on any atom is 0.270 e. The van der Waals surface area contributed by atoms with Gasteiger partial charge < -0.3 is 9.73 Å². The van der Waals surface area contributed by atoms with E-state index in [1.165, 1.54) is 23.5 Å². The number of nitrogens with one attached hydrogen (secondary N) is 1. The average molecular weight is 302 g/mol. The number of benzene rings is 1. The number of furan rings is 1. The second kappa shape index (κ2) is 5.37. The van der Waals surface area contributed by atoms with E-state index in [1.54, 1.807) is 30.5 Å². The molecule has 1 N–H and O–H groups in total. The Hall–Kier alpha value is -2.67. The van der Waals surface area contributed by atoms with E-state index < -0.39 is 4.92 Å². The van der Waals surface area contributed by atoms with Gasteiger partial charge in [-0.15, -0.1) is 11.3 Å². The highest BCUT2D eigenvalue weighted by atomic mass is 32.1. The number of carbonyl (C=O) groups excluding carboxylic acids is 1. The van der Waals surface area contributed by atoms with Crippen molar-refractivity contribution in [3.05, 3.63) is 63.4 Å². The van der Waals surface area contributed by atoms with Gasteiger partial charge in [-0.3, -0.25) is 14.9 Å². The Morgan fingerprint density at radius 3 is 2.90 bits per heavy atom. The number of nitro groups is 1. The lowest BCUT2D eigenvalue weighted by molar-refractivity contribution is -0.384. The van der Waals surface area contributed by atoms with Crippen LogP contribution in [0, 0.1) is 10.1 Å². The highest BCUT2D eigenvalue weighted by Gasteiger charge is 2.13. The van der Waals surface area contributed by atoms with Crippen LogP contribution in [0.4, 0.5) is 5.69 Å². The minimum Gasteiger partial charge on any atom is -0.467 e. The highest BCUT2D eigenvalue weighted by Crippen LogP contribution is 2.28. The molecule has 0 spiro atoms. The third kappa shape index (κ3) is 2.77. The van der Waals surface area contributed by atoms with Crippen molar-refractivity contribution < 1.29 is 14.1 Å². The summed E-state index contributed by atoms with van der Waals surface area (Å²) >= 11 is 1.30. The summed E-state index contributed by atoms with van der Waals surface area (Å²) in [5, 5.41) is 14.2. The quantitative estimate of drug-likeness (QED) is 0.591. The van der Waals surface area contributed by atoms with E-state index in [2.05, 4.69) is 5.32 Å². The molecule has 0 saturated carbocycles. The minimum atomic E-state index is -0.451. The fraction of sp³-hybridized carbons (Fsp3) is 0.0714. The van der Waals surface area contributed by atoms with Crippen molar-refractivity contribution in [2.24, 2.45) is 0 Å². The number of nitrogens with zero attached hydrogens (tertiary/aromatic N) is 1. The van der Waals surface area contributed by atoms with Gasteiger partial charge in [-0.05, 0) is 24.3 Å². The molecule has 0 fully saturated rings. The molecule has 106 valence electrons. The van der Waals surface area contributed by atoms with E-state index in [0.29, 0.717) is 22.6 Å². The second-order valence-electron chi connectivity index (χ2n) is 4.35. The third-order valence-corrected chi connectivity index (χ3v) is 4.05. The third-order valence-electron chi connectivity index (χ3n) is 2.94. The molecule has 0 aliphatic heterocycles. The second-order valence-corrected chi connectivity index (χ2v) is 5.44. The van der Waals surface area contributed by atoms with Crippen molar-refractivity contribution in [2.45, 2.75) is 6.54 Å². The van der Waals surface area contributed by atoms with Crippen molar-refractivity contribution in [2.75, 3.05) is 0 Å². The summed E-state index contributed by atoms with van der Waals surface area (Å²) in [4.78, 5) is 22.9. The molecule has 1 amide bonds. The standard InChI is InChI=1S/C14H10N2O4S/c17-14(15-8-11-2-1-5-20-11)13-7-9-6-10(16(18)19)3-4-12(9)21-13/h1-7H,8H2,(H,15,17). The van der Waals surface area contributed by atoms with Gasteiger partial charge in [0.2, 0.25) is 0 Å². The predicted octanol–water partition coefficient (Wildman–Crippen LogP) is 3.33. The Morgan fingerprint density at radius 2 is 2.19 bits per heavy atom. The number of amides is 1. The maximum atomic E-state index is 12.1. The van der Waals surface area contributed by atoms with E-state index in [9.17, 15) is 14.9 Å². The Kier molecular flexibility index (Phi) is 3.41. The zero-order valence-electron chi connectivity index (χ0n) is 10.7. The number of rotatable bonds is 4. The number of nitro benzene ring substituents is 1. The summed E-state index contributed by atoms with van der Waals surface area (Å²) in [6.07, 6.45) is 1.54. The van der Waals surface area contributed by atoms with Crippen molar-refractivity contribution in [1.29, 1.82) is 0 Å². The first kappa shape index (κ1) is 13.3. The van der Waals surface area contributed by atoms with Crippen LogP contribution in [0.25, 0.3) is 10.1 Å². The van der Waals surface area contributed by atoms with Crippen LogP contribution in [0.1, 0.15) is 15.4 Å². The van der Waals surface area contributed by atoms with Crippen LogP contribution in [0.2, 0.25) is 0 Å². The lowest BCUT2D eigenvalue weighted by Gasteiger charge is -1.99. The molecule has 0 aliphatic rings. The fourth-order valence-corrected chi connectivity index (χ4v) is 2.88. The molecule has 3 aromatic rings. The summed E-state index contributed by atoms with van der Waals surface area (Å²) in [6.45, 7) is 0.306. The normalized spacial score (nSPS) is 10.7. The Morgan fingerprint density at radius 1 is 1.33 bits per heavy atom. The molecule has 0 unspecified atom stereocenters. The highest BCUT2D eigenvalue weighted by molar-refractivity contribution is 7.20. The summed E-state index contributed by atoms with van der Waals surface area (Å²) in [5.41, 5.74) is 0.0165. The van der Waals surface area contributed by atoms with Gasteiger partial charge in [0, 0.05) is 22.2 Å². The van der Waals surface area contributed by atoms with Gasteiger partial charge in [0.25, 0.3) is 11.6 Å². The van der Waals surface area contributed by atoms with Gasteiger partial charge in [0.05, 0.1) is 22.6 Å². The maximum absolute atomic E-state index is 12.1. The fourth-order valence-electron chi connectivity index (χ4n) is 1.92. The van der Waals surface area contributed by atoms with Crippen LogP contribution in [-0.4, -0.2) is 10.8 Å². The van der Waals surface area contributed by atoms with E-state index in [-0.39, 0.29) is 11.6 Å². The smallest absolute Gasteiger partial charge is 0.270 e. The van der Waals surface area contributed by atoms with Gasteiger partial charge in [-0.1, -0.05) is 0 Å². The number of thiophene rings is 1. The monoisotopic (exact) mass is 302 g/mol. The van der Waals surface area contributed by atoms with Gasteiger partial charge in [0.15, 0.2) is 0 Å². The first-order valence-corrected chi connectivity index (χ1v) is 6.94. The van der Waals surface area contributed by atoms with E-state index in [4.69, 9.17) is 4.42 Å². The van der Waals surface area contributed by atoms with Gasteiger partial charge in [0.1, 0.15) is 5.76 Å². The summed E-state index contributed by atoms with van der Waals surface area (Å²) in [7, 11) is 0. The van der Waals surface area contributed by atoms with Crippen LogP contribution < -0.4 is 5.32 Å². The van der Waals surface area contributed by atoms with E-state index >= 15 is 0 Å². The predicted molar refractivity (Wildman–Crippen MR) is 78.4 cm³/mol. The number of hydrogen-bond donors (Lipinski definition) is 1. The van der Waals surface area contributed by atoms with Crippen molar-refractivity contribution in [3.63, 3.8) is 0 Å². The molecule has 0 saturated heterocycles. The van der Waals surface area contributed by atoms with Crippen LogP contribution >= 0.6 is 11.3 Å². The first-order chi connectivity index (χ1) is 10.1. The molecule has 2 aromatic heterocycles. The number of hydrogen-bond acceptors (Lipinski definition) is 5. The van der Waals surface area contributed by atoms with Crippen LogP contribution in [-0.2, 0) is 6.54 Å². The van der Waals surface area contributed by atoms with Gasteiger partial charge in [-0.2, -0.15) is 0 Å². The Balaban J connectivity index is 1.80. The molecule has 0 bridgehead atoms. The molecular formula is C14H10N2O4S. The minimum absolute atomic E-state index is 0.0165. The average Bonchev–Trinajstić information content (AvgIpc) is 3.12. The van der Waals surface area contributed by atoms with E-state index in [0.717, 1.165) is 4.70 Å². The zero-order chi connectivity index (χ0) is 14.8. The van der Waals surface area contributed by atoms with Crippen molar-refractivity contribution in [1.82, 2.24) is 5.32 Å². The zero-order valence-corrected chi connectivity index (χ0v) is 11.6. The van der Waals surface area contributed by atoms with Crippen molar-refractivity contribution >= 4 is 33.0 Å². The lowest BCUT2D eigenvalue weighted by atomic mass is 10.2. The molecule has 0 aliphatic carbocycles. The molecule has 21 heavy (non-hydrogen) atoms. The topological polar surface area (TPSA) is 85.4 Å². The lowest BCUT2D eigenvalue weighted by Crippen LogP contribution is -2.21. The van der Waals surface area contributed by atoms with Crippen LogP contribution in [0.15, 0.2) is 47.1 Å². The molecule has 1 aromatic carbocycles. The molecule has 0 atom stereocenters. The number of carbonyl (C=O) groups is 1. The summed E-state index contributed by atoms with van der Waals surface area (Å²) in [5.74, 6) is 0.440. The van der Waals surface area contributed by atoms with Crippen LogP contribution in [0.5, 0.6) is 0 Å². The van der Waals surface area contributed by atoms with Gasteiger partial charge >= 0.3 is 0 Å². The SMILES string of the molecule is O=C(NCc1ccco1)c1cc2cc([N+](=O)[O-])ccc2s1. The Bertz CT molecular complexity index is 808. The largest absolute Gasteiger partial charge is 0.467 e. The first-order valence-electron chi connectivity index (χ1n) is 6.12. The number of non-ortho nitro benzene ring substituents is 1. The summed E-state index contributed by atoms with van der Waals surface area (Å²) < 4.78 is 5.97. The van der Waals surface area contributed by atoms with Crippen LogP contribution in [0.3, 0.4) is 0 Å². The molecule has 2 heterocycles. The van der Waals surface area contributed by atoms with Crippen molar-refractivity contribution in [3.8, 4) is 0 Å². The van der Waals surface area contributed by atoms with E-state index in [1.807, 2.05) is 0 Å². The molecule has 3 rings (SSSR count). The molecular weight excluding hydrogens is 292 g/mol. The summed E-state index contributed by atoms with van der Waals surface area (Å²) in [6, 6.07) is 9.74. The number of fused-ring (bicyclic) bond motifs is 1. The molecule has 0 radical (unpaired) electrons. The molecule has 7 heteroatoms.